The number of aromatic hydroxyl groups is 1. The molecule has 0 saturated heterocycles. The van der Waals surface area contributed by atoms with Crippen molar-refractivity contribution in [3.05, 3.63) is 65.7 Å². The van der Waals surface area contributed by atoms with Crippen molar-refractivity contribution < 1.29 is 29.4 Å². The van der Waals surface area contributed by atoms with Crippen molar-refractivity contribution in [2.24, 2.45) is 0 Å². The average molecular weight is 264 g/mol. The number of benzene rings is 2. The van der Waals surface area contributed by atoms with Gasteiger partial charge in [-0.1, -0.05) is 42.5 Å². The maximum atomic E-state index is 11.9. The van der Waals surface area contributed by atoms with Gasteiger partial charge in [-0.2, -0.15) is 0 Å². The molecule has 2 aromatic carbocycles. The largest absolute Gasteiger partial charge is 0.507 e. The number of phenols is 1. The second kappa shape index (κ2) is 5.57. The molecule has 0 atom stereocenters. The number of rotatable bonds is 2. The monoisotopic (exact) mass is 262 g/mol. The van der Waals surface area contributed by atoms with Crippen LogP contribution in [0.5, 0.6) is 5.75 Å². The molecule has 0 saturated carbocycles. The van der Waals surface area contributed by atoms with Gasteiger partial charge in [-0.05, 0) is 12.1 Å². The van der Waals surface area contributed by atoms with Crippen LogP contribution in [0.4, 0.5) is 0 Å². The number of carbonyl (C=O) groups excluding carboxylic acids is 1. The Morgan fingerprint density at radius 2 is 1.44 bits per heavy atom. The summed E-state index contributed by atoms with van der Waals surface area (Å²) >= 11 is 0. The Bertz CT molecular complexity index is 480. The molecule has 2 aromatic rings. The minimum atomic E-state index is -0.159. The van der Waals surface area contributed by atoms with Gasteiger partial charge in [0.2, 0.25) is 0 Å². The van der Waals surface area contributed by atoms with Gasteiger partial charge in [-0.25, -0.2) is 0 Å². The Balaban J connectivity index is 0.00000128. The van der Waals surface area contributed by atoms with Crippen LogP contribution < -0.4 is 0 Å². The van der Waals surface area contributed by atoms with Crippen molar-refractivity contribution in [3.63, 3.8) is 0 Å². The van der Waals surface area contributed by atoms with E-state index in [9.17, 15) is 9.90 Å². The van der Waals surface area contributed by atoms with Gasteiger partial charge in [0.25, 0.3) is 0 Å². The minimum absolute atomic E-state index is 0. The van der Waals surface area contributed by atoms with Gasteiger partial charge >= 0.3 is 0 Å². The summed E-state index contributed by atoms with van der Waals surface area (Å²) in [6.07, 6.45) is 0. The summed E-state index contributed by atoms with van der Waals surface area (Å²) in [5, 5.41) is 9.52. The first-order valence-electron chi connectivity index (χ1n) is 4.67. The summed E-state index contributed by atoms with van der Waals surface area (Å²) in [6, 6.07) is 15.5. The molecule has 0 bridgehead atoms. The van der Waals surface area contributed by atoms with E-state index < -0.39 is 0 Å². The number of carbonyl (C=O) groups is 1. The molecule has 1 N–H and O–H groups in total. The summed E-state index contributed by atoms with van der Waals surface area (Å²) in [5.74, 6) is -0.139. The SMILES string of the molecule is O=C(c1ccccc1)c1ccccc1O.[Zn]. The molecule has 0 aliphatic carbocycles. The third kappa shape index (κ3) is 2.56. The number of phenolic OH excluding ortho intramolecular Hbond substituents is 1. The third-order valence-corrected chi connectivity index (χ3v) is 2.18. The number of hydrogen-bond donors (Lipinski definition) is 1. The first-order valence-corrected chi connectivity index (χ1v) is 4.67. The Labute approximate surface area is 107 Å². The van der Waals surface area contributed by atoms with E-state index >= 15 is 0 Å². The van der Waals surface area contributed by atoms with Crippen LogP contribution in [0.2, 0.25) is 0 Å². The van der Waals surface area contributed by atoms with Gasteiger partial charge in [0.1, 0.15) is 5.75 Å². The molecule has 2 nitrogen and oxygen atoms in total. The molecule has 0 spiro atoms. The van der Waals surface area contributed by atoms with Crippen LogP contribution in [-0.2, 0) is 19.5 Å². The van der Waals surface area contributed by atoms with Crippen LogP contribution in [0.1, 0.15) is 15.9 Å². The fourth-order valence-corrected chi connectivity index (χ4v) is 1.41. The normalized spacial score (nSPS) is 9.25. The fourth-order valence-electron chi connectivity index (χ4n) is 1.41. The molecule has 0 aliphatic heterocycles. The van der Waals surface area contributed by atoms with E-state index in [2.05, 4.69) is 0 Å². The number of hydrogen-bond acceptors (Lipinski definition) is 2. The van der Waals surface area contributed by atoms with Gasteiger partial charge in [-0.3, -0.25) is 4.79 Å². The van der Waals surface area contributed by atoms with Crippen molar-refractivity contribution in [2.75, 3.05) is 0 Å². The van der Waals surface area contributed by atoms with E-state index in [1.54, 1.807) is 42.5 Å². The maximum Gasteiger partial charge on any atom is 0.196 e. The van der Waals surface area contributed by atoms with Crippen molar-refractivity contribution in [2.45, 2.75) is 0 Å². The standard InChI is InChI=1S/C13H10O2.Zn/c14-12-9-5-4-8-11(12)13(15)10-6-2-1-3-7-10;/h1-9,14H;. The molecular weight excluding hydrogens is 254 g/mol. The molecular formula is C13H10O2Zn. The Hall–Kier alpha value is -1.47. The van der Waals surface area contributed by atoms with E-state index in [0.29, 0.717) is 11.1 Å². The van der Waals surface area contributed by atoms with Crippen LogP contribution in [-0.4, -0.2) is 10.9 Å². The second-order valence-corrected chi connectivity index (χ2v) is 3.21. The Morgan fingerprint density at radius 1 is 0.875 bits per heavy atom. The molecule has 0 fully saturated rings. The molecule has 0 aliphatic rings. The van der Waals surface area contributed by atoms with Crippen LogP contribution in [0.25, 0.3) is 0 Å². The Morgan fingerprint density at radius 3 is 2.06 bits per heavy atom. The second-order valence-electron chi connectivity index (χ2n) is 3.21. The molecule has 0 unspecified atom stereocenters. The zero-order chi connectivity index (χ0) is 10.7. The topological polar surface area (TPSA) is 37.3 Å². The molecule has 3 heteroatoms. The molecule has 0 amide bonds. The maximum absolute atomic E-state index is 11.9. The third-order valence-electron chi connectivity index (χ3n) is 2.18. The average Bonchev–Trinajstić information content (AvgIpc) is 2.30. The van der Waals surface area contributed by atoms with Crippen LogP contribution in [0.3, 0.4) is 0 Å². The first-order chi connectivity index (χ1) is 7.29. The van der Waals surface area contributed by atoms with Crippen molar-refractivity contribution >= 4 is 5.78 Å². The quantitative estimate of drug-likeness (QED) is 0.668. The van der Waals surface area contributed by atoms with Crippen LogP contribution in [0, 0.1) is 0 Å². The zero-order valence-corrected chi connectivity index (χ0v) is 11.7. The molecule has 0 heterocycles. The van der Waals surface area contributed by atoms with Crippen LogP contribution >= 0.6 is 0 Å². The van der Waals surface area contributed by atoms with E-state index in [-0.39, 0.29) is 31.0 Å². The molecule has 2 rings (SSSR count). The van der Waals surface area contributed by atoms with Crippen molar-refractivity contribution in [1.29, 1.82) is 0 Å². The van der Waals surface area contributed by atoms with Crippen molar-refractivity contribution in [1.82, 2.24) is 0 Å². The molecule has 16 heavy (non-hydrogen) atoms. The molecule has 76 valence electrons. The van der Waals surface area contributed by atoms with E-state index in [1.807, 2.05) is 6.07 Å². The smallest absolute Gasteiger partial charge is 0.196 e. The summed E-state index contributed by atoms with van der Waals surface area (Å²) in [4.78, 5) is 11.9. The van der Waals surface area contributed by atoms with E-state index in [1.165, 1.54) is 6.07 Å². The van der Waals surface area contributed by atoms with Crippen molar-refractivity contribution in [3.8, 4) is 5.75 Å². The van der Waals surface area contributed by atoms with Gasteiger partial charge in [0, 0.05) is 25.0 Å². The number of ketones is 1. The molecule has 0 radical (unpaired) electrons. The zero-order valence-electron chi connectivity index (χ0n) is 8.76. The van der Waals surface area contributed by atoms with Gasteiger partial charge < -0.3 is 5.11 Å². The minimum Gasteiger partial charge on any atom is -0.507 e. The summed E-state index contributed by atoms with van der Waals surface area (Å²) in [5.41, 5.74) is 0.919. The summed E-state index contributed by atoms with van der Waals surface area (Å²) < 4.78 is 0. The van der Waals surface area contributed by atoms with Gasteiger partial charge in [-0.15, -0.1) is 0 Å². The predicted molar refractivity (Wildman–Crippen MR) is 58.0 cm³/mol. The summed E-state index contributed by atoms with van der Waals surface area (Å²) in [7, 11) is 0. The van der Waals surface area contributed by atoms with Gasteiger partial charge in [0.05, 0.1) is 5.56 Å². The van der Waals surface area contributed by atoms with Crippen LogP contribution in [0.15, 0.2) is 54.6 Å². The van der Waals surface area contributed by atoms with Gasteiger partial charge in [0.15, 0.2) is 5.78 Å². The summed E-state index contributed by atoms with van der Waals surface area (Å²) in [6.45, 7) is 0. The fraction of sp³-hybridized carbons (Fsp3) is 0. The van der Waals surface area contributed by atoms with E-state index in [0.717, 1.165) is 0 Å². The number of para-hydroxylation sites is 1. The van der Waals surface area contributed by atoms with E-state index in [4.69, 9.17) is 0 Å². The molecule has 0 aromatic heterocycles. The Kier molecular flexibility index (Phi) is 4.39. The predicted octanol–water partition coefficient (Wildman–Crippen LogP) is 2.62. The first kappa shape index (κ1) is 12.6.